The molecule has 2 amide bonds. The van der Waals surface area contributed by atoms with Crippen LogP contribution in [0.5, 0.6) is 0 Å². The molecule has 0 aliphatic heterocycles. The van der Waals surface area contributed by atoms with Crippen LogP contribution in [0.25, 0.3) is 33.1 Å². The molecule has 0 fully saturated rings. The van der Waals surface area contributed by atoms with Crippen LogP contribution in [0.1, 0.15) is 20.7 Å². The van der Waals surface area contributed by atoms with Crippen LogP contribution in [0.2, 0.25) is 0 Å². The summed E-state index contributed by atoms with van der Waals surface area (Å²) in [7, 11) is 0. The quantitative estimate of drug-likeness (QED) is 0.432. The minimum absolute atomic E-state index is 0.374. The van der Waals surface area contributed by atoms with Gasteiger partial charge in [-0.1, -0.05) is 36.4 Å². The number of aromatic nitrogens is 3. The van der Waals surface area contributed by atoms with Gasteiger partial charge in [0.25, 0.3) is 11.8 Å². The summed E-state index contributed by atoms with van der Waals surface area (Å²) in [4.78, 5) is 38.9. The maximum absolute atomic E-state index is 13.1. The first kappa shape index (κ1) is 19.3. The average Bonchev–Trinajstić information content (AvgIpc) is 2.86. The fourth-order valence-electron chi connectivity index (χ4n) is 3.56. The van der Waals surface area contributed by atoms with Crippen LogP contribution < -0.4 is 10.9 Å². The molecule has 0 spiro atoms. The van der Waals surface area contributed by atoms with Gasteiger partial charge in [-0.05, 0) is 36.4 Å². The van der Waals surface area contributed by atoms with E-state index in [-0.39, 0.29) is 0 Å². The van der Waals surface area contributed by atoms with Gasteiger partial charge in [0.05, 0.1) is 27.9 Å². The summed E-state index contributed by atoms with van der Waals surface area (Å²) in [6.45, 7) is 0. The standard InChI is InChI=1S/C25H17N5O2/c31-24(19-10-3-6-16-7-5-13-27-23(16)19)29-30-25(32)20-14-22(17-8-4-12-26-15-17)28-21-11-2-1-9-18(20)21/h1-15H,(H,29,31)(H,30,32). The van der Waals surface area contributed by atoms with Gasteiger partial charge in [0.2, 0.25) is 0 Å². The van der Waals surface area contributed by atoms with E-state index < -0.39 is 11.8 Å². The second-order valence-electron chi connectivity index (χ2n) is 7.10. The van der Waals surface area contributed by atoms with Crippen molar-refractivity contribution in [3.05, 3.63) is 103 Å². The van der Waals surface area contributed by atoms with Crippen LogP contribution >= 0.6 is 0 Å². The number of hydrogen-bond donors (Lipinski definition) is 2. The van der Waals surface area contributed by atoms with Crippen LogP contribution in [0.4, 0.5) is 0 Å². The number of fused-ring (bicyclic) bond motifs is 2. The van der Waals surface area contributed by atoms with Crippen molar-refractivity contribution >= 4 is 33.6 Å². The Morgan fingerprint density at radius 1 is 0.750 bits per heavy atom. The molecule has 0 aliphatic rings. The van der Waals surface area contributed by atoms with Crippen LogP contribution in [0, 0.1) is 0 Å². The molecule has 3 aromatic heterocycles. The molecule has 0 radical (unpaired) electrons. The summed E-state index contributed by atoms with van der Waals surface area (Å²) in [5.74, 6) is -0.899. The minimum atomic E-state index is -0.450. The van der Waals surface area contributed by atoms with Gasteiger partial charge in [0, 0.05) is 34.9 Å². The molecule has 154 valence electrons. The summed E-state index contributed by atoms with van der Waals surface area (Å²) in [5.41, 5.74) is 8.44. The SMILES string of the molecule is O=C(NNC(=O)c1cccc2cccnc12)c1cc(-c2cccnc2)nc2ccccc12. The number of nitrogens with one attached hydrogen (secondary N) is 2. The highest BCUT2D eigenvalue weighted by Crippen LogP contribution is 2.24. The van der Waals surface area contributed by atoms with Gasteiger partial charge in [-0.2, -0.15) is 0 Å². The molecule has 2 aromatic carbocycles. The average molecular weight is 419 g/mol. The number of rotatable bonds is 3. The lowest BCUT2D eigenvalue weighted by Crippen LogP contribution is -2.41. The highest BCUT2D eigenvalue weighted by atomic mass is 16.2. The summed E-state index contributed by atoms with van der Waals surface area (Å²) in [6, 6.07) is 21.7. The van der Waals surface area contributed by atoms with E-state index >= 15 is 0 Å². The summed E-state index contributed by atoms with van der Waals surface area (Å²) < 4.78 is 0. The number of hydrogen-bond acceptors (Lipinski definition) is 5. The Kier molecular flexibility index (Phi) is 4.97. The smallest absolute Gasteiger partial charge is 0.267 e. The molecule has 32 heavy (non-hydrogen) atoms. The zero-order valence-corrected chi connectivity index (χ0v) is 16.8. The fourth-order valence-corrected chi connectivity index (χ4v) is 3.56. The Morgan fingerprint density at radius 3 is 2.38 bits per heavy atom. The van der Waals surface area contributed by atoms with Crippen molar-refractivity contribution < 1.29 is 9.59 Å². The highest BCUT2D eigenvalue weighted by molar-refractivity contribution is 6.09. The van der Waals surface area contributed by atoms with Crippen molar-refractivity contribution in [1.29, 1.82) is 0 Å². The highest BCUT2D eigenvalue weighted by Gasteiger charge is 2.16. The third-order valence-corrected chi connectivity index (χ3v) is 5.09. The Morgan fingerprint density at radius 2 is 1.53 bits per heavy atom. The largest absolute Gasteiger partial charge is 0.271 e. The molecule has 7 nitrogen and oxygen atoms in total. The molecule has 0 aliphatic carbocycles. The second kappa shape index (κ2) is 8.23. The number of benzene rings is 2. The molecule has 2 N–H and O–H groups in total. The number of para-hydroxylation sites is 2. The first-order valence-electron chi connectivity index (χ1n) is 9.95. The molecule has 0 saturated heterocycles. The number of amides is 2. The number of carbonyl (C=O) groups excluding carboxylic acids is 2. The fraction of sp³-hybridized carbons (Fsp3) is 0. The van der Waals surface area contributed by atoms with Gasteiger partial charge >= 0.3 is 0 Å². The van der Waals surface area contributed by atoms with Gasteiger partial charge in [-0.15, -0.1) is 0 Å². The molecule has 5 aromatic rings. The lowest BCUT2D eigenvalue weighted by molar-refractivity contribution is 0.0848. The summed E-state index contributed by atoms with van der Waals surface area (Å²) in [6.07, 6.45) is 4.99. The van der Waals surface area contributed by atoms with E-state index in [1.807, 2.05) is 48.5 Å². The lowest BCUT2D eigenvalue weighted by Gasteiger charge is -2.12. The van der Waals surface area contributed by atoms with Crippen molar-refractivity contribution in [2.75, 3.05) is 0 Å². The van der Waals surface area contributed by atoms with Crippen LogP contribution in [-0.4, -0.2) is 26.8 Å². The van der Waals surface area contributed by atoms with E-state index in [0.717, 1.165) is 10.9 Å². The van der Waals surface area contributed by atoms with Crippen molar-refractivity contribution in [3.63, 3.8) is 0 Å². The number of hydrazine groups is 1. The monoisotopic (exact) mass is 419 g/mol. The van der Waals surface area contributed by atoms with Crippen molar-refractivity contribution in [2.24, 2.45) is 0 Å². The molecule has 3 heterocycles. The van der Waals surface area contributed by atoms with Gasteiger partial charge < -0.3 is 0 Å². The Balaban J connectivity index is 1.45. The van der Waals surface area contributed by atoms with Gasteiger partial charge in [0.1, 0.15) is 0 Å². The molecule has 7 heteroatoms. The maximum Gasteiger partial charge on any atom is 0.271 e. The molecular formula is C25H17N5O2. The van der Waals surface area contributed by atoms with Crippen LogP contribution in [0.3, 0.4) is 0 Å². The molecule has 0 unspecified atom stereocenters. The Bertz CT molecular complexity index is 1460. The van der Waals surface area contributed by atoms with Gasteiger partial charge in [0.15, 0.2) is 0 Å². The third-order valence-electron chi connectivity index (χ3n) is 5.09. The number of nitrogens with zero attached hydrogens (tertiary/aromatic N) is 3. The number of pyridine rings is 3. The second-order valence-corrected chi connectivity index (χ2v) is 7.10. The van der Waals surface area contributed by atoms with E-state index in [4.69, 9.17) is 0 Å². The summed E-state index contributed by atoms with van der Waals surface area (Å²) >= 11 is 0. The van der Waals surface area contributed by atoms with E-state index in [9.17, 15) is 9.59 Å². The molecule has 0 bridgehead atoms. The van der Waals surface area contributed by atoms with E-state index in [2.05, 4.69) is 25.8 Å². The first-order chi connectivity index (χ1) is 15.7. The van der Waals surface area contributed by atoms with Crippen molar-refractivity contribution in [3.8, 4) is 11.3 Å². The first-order valence-corrected chi connectivity index (χ1v) is 9.95. The van der Waals surface area contributed by atoms with E-state index in [1.165, 1.54) is 0 Å². The third kappa shape index (κ3) is 3.63. The van der Waals surface area contributed by atoms with Crippen LogP contribution in [-0.2, 0) is 0 Å². The van der Waals surface area contributed by atoms with Crippen LogP contribution in [0.15, 0.2) is 91.4 Å². The van der Waals surface area contributed by atoms with E-state index in [1.54, 1.807) is 42.9 Å². The maximum atomic E-state index is 13.1. The molecular weight excluding hydrogens is 402 g/mol. The minimum Gasteiger partial charge on any atom is -0.267 e. The lowest BCUT2D eigenvalue weighted by atomic mass is 10.0. The van der Waals surface area contributed by atoms with E-state index in [0.29, 0.717) is 33.2 Å². The zero-order chi connectivity index (χ0) is 21.9. The molecule has 5 rings (SSSR count). The molecule has 0 saturated carbocycles. The van der Waals surface area contributed by atoms with Gasteiger partial charge in [-0.25, -0.2) is 4.98 Å². The van der Waals surface area contributed by atoms with Crippen molar-refractivity contribution in [2.45, 2.75) is 0 Å². The topological polar surface area (TPSA) is 96.9 Å². The Labute approximate surface area is 183 Å². The summed E-state index contributed by atoms with van der Waals surface area (Å²) in [5, 5.41) is 1.52. The number of carbonyl (C=O) groups is 2. The normalized spacial score (nSPS) is 10.8. The van der Waals surface area contributed by atoms with Crippen molar-refractivity contribution in [1.82, 2.24) is 25.8 Å². The molecule has 0 atom stereocenters. The predicted octanol–water partition coefficient (Wildman–Crippen LogP) is 3.92. The Hall–Kier alpha value is -4.65. The predicted molar refractivity (Wildman–Crippen MR) is 122 cm³/mol. The van der Waals surface area contributed by atoms with Gasteiger partial charge in [-0.3, -0.25) is 30.4 Å². The zero-order valence-electron chi connectivity index (χ0n) is 16.8.